The van der Waals surface area contributed by atoms with Crippen LogP contribution in [0.4, 0.5) is 0 Å². The van der Waals surface area contributed by atoms with Gasteiger partial charge in [0.1, 0.15) is 5.69 Å². The van der Waals surface area contributed by atoms with Crippen molar-refractivity contribution in [1.82, 2.24) is 15.1 Å². The SMILES string of the molecule is CCCn1nc(C(=O)NCC(C)(O)CC)ccc1=O. The van der Waals surface area contributed by atoms with E-state index in [1.165, 1.54) is 16.8 Å². The molecule has 2 N–H and O–H groups in total. The van der Waals surface area contributed by atoms with Gasteiger partial charge in [0.2, 0.25) is 0 Å². The molecule has 0 fully saturated rings. The van der Waals surface area contributed by atoms with Crippen molar-refractivity contribution >= 4 is 5.91 Å². The average Bonchev–Trinajstić information content (AvgIpc) is 2.39. The number of carbonyl (C=O) groups excluding carboxylic acids is 1. The molecule has 6 heteroatoms. The first-order valence-electron chi connectivity index (χ1n) is 6.48. The summed E-state index contributed by atoms with van der Waals surface area (Å²) >= 11 is 0. The molecule has 1 rings (SSSR count). The molecule has 1 amide bonds. The average molecular weight is 267 g/mol. The molecule has 0 aromatic carbocycles. The first-order chi connectivity index (χ1) is 8.89. The summed E-state index contributed by atoms with van der Waals surface area (Å²) < 4.78 is 1.27. The van der Waals surface area contributed by atoms with Gasteiger partial charge in [0.15, 0.2) is 0 Å². The highest BCUT2D eigenvalue weighted by Crippen LogP contribution is 2.06. The van der Waals surface area contributed by atoms with E-state index in [1.54, 1.807) is 6.92 Å². The van der Waals surface area contributed by atoms with Crippen LogP contribution in [-0.4, -0.2) is 32.9 Å². The highest BCUT2D eigenvalue weighted by molar-refractivity contribution is 5.92. The van der Waals surface area contributed by atoms with Gasteiger partial charge in [0.05, 0.1) is 5.60 Å². The highest BCUT2D eigenvalue weighted by Gasteiger charge is 2.19. The van der Waals surface area contributed by atoms with Crippen LogP contribution in [0, 0.1) is 0 Å². The van der Waals surface area contributed by atoms with Crippen LogP contribution in [0.3, 0.4) is 0 Å². The van der Waals surface area contributed by atoms with Gasteiger partial charge in [-0.3, -0.25) is 9.59 Å². The number of nitrogens with zero attached hydrogens (tertiary/aromatic N) is 2. The van der Waals surface area contributed by atoms with Crippen LogP contribution >= 0.6 is 0 Å². The number of aliphatic hydroxyl groups is 1. The van der Waals surface area contributed by atoms with E-state index in [4.69, 9.17) is 0 Å². The molecule has 6 nitrogen and oxygen atoms in total. The van der Waals surface area contributed by atoms with E-state index >= 15 is 0 Å². The normalized spacial score (nSPS) is 13.9. The Morgan fingerprint density at radius 2 is 2.16 bits per heavy atom. The van der Waals surface area contributed by atoms with Crippen molar-refractivity contribution in [3.8, 4) is 0 Å². The minimum Gasteiger partial charge on any atom is -0.388 e. The lowest BCUT2D eigenvalue weighted by molar-refractivity contribution is 0.0516. The number of hydrogen-bond donors (Lipinski definition) is 2. The molecular weight excluding hydrogens is 246 g/mol. The predicted molar refractivity (Wildman–Crippen MR) is 72.0 cm³/mol. The molecule has 1 unspecified atom stereocenters. The van der Waals surface area contributed by atoms with Crippen LogP contribution in [0.25, 0.3) is 0 Å². The van der Waals surface area contributed by atoms with E-state index in [2.05, 4.69) is 10.4 Å². The first-order valence-corrected chi connectivity index (χ1v) is 6.48. The summed E-state index contributed by atoms with van der Waals surface area (Å²) in [6, 6.07) is 2.72. The van der Waals surface area contributed by atoms with Gasteiger partial charge < -0.3 is 10.4 Å². The van der Waals surface area contributed by atoms with Gasteiger partial charge in [0, 0.05) is 19.2 Å². The number of nitrogens with one attached hydrogen (secondary N) is 1. The fourth-order valence-corrected chi connectivity index (χ4v) is 1.43. The number of hydrogen-bond acceptors (Lipinski definition) is 4. The minimum absolute atomic E-state index is 0.150. The van der Waals surface area contributed by atoms with Crippen molar-refractivity contribution in [3.05, 3.63) is 28.2 Å². The monoisotopic (exact) mass is 267 g/mol. The summed E-state index contributed by atoms with van der Waals surface area (Å²) in [5.41, 5.74) is -0.980. The molecule has 0 saturated heterocycles. The van der Waals surface area contributed by atoms with E-state index in [-0.39, 0.29) is 17.8 Å². The number of aromatic nitrogens is 2. The van der Waals surface area contributed by atoms with Gasteiger partial charge in [-0.1, -0.05) is 13.8 Å². The Kier molecular flexibility index (Phi) is 5.23. The van der Waals surface area contributed by atoms with Crippen molar-refractivity contribution < 1.29 is 9.90 Å². The minimum atomic E-state index is -0.937. The maximum atomic E-state index is 11.9. The van der Waals surface area contributed by atoms with Gasteiger partial charge in [-0.15, -0.1) is 0 Å². The van der Waals surface area contributed by atoms with E-state index in [0.717, 1.165) is 6.42 Å². The molecule has 19 heavy (non-hydrogen) atoms. The smallest absolute Gasteiger partial charge is 0.271 e. The van der Waals surface area contributed by atoms with Crippen LogP contribution < -0.4 is 10.9 Å². The lowest BCUT2D eigenvalue weighted by atomic mass is 10.0. The molecule has 0 radical (unpaired) electrons. The van der Waals surface area contributed by atoms with Crippen molar-refractivity contribution in [2.45, 2.75) is 45.8 Å². The maximum absolute atomic E-state index is 11.9. The Bertz CT molecular complexity index is 494. The van der Waals surface area contributed by atoms with Crippen LogP contribution in [-0.2, 0) is 6.54 Å². The molecule has 1 aromatic heterocycles. The Labute approximate surface area is 112 Å². The molecule has 0 aliphatic carbocycles. The van der Waals surface area contributed by atoms with E-state index < -0.39 is 11.5 Å². The second kappa shape index (κ2) is 6.47. The number of rotatable bonds is 6. The zero-order chi connectivity index (χ0) is 14.5. The lowest BCUT2D eigenvalue weighted by Crippen LogP contribution is -2.40. The first kappa shape index (κ1) is 15.4. The molecular formula is C13H21N3O3. The Hall–Kier alpha value is -1.69. The number of amides is 1. The van der Waals surface area contributed by atoms with Gasteiger partial charge in [-0.2, -0.15) is 5.10 Å². The Morgan fingerprint density at radius 1 is 1.47 bits per heavy atom. The molecule has 106 valence electrons. The van der Waals surface area contributed by atoms with Crippen molar-refractivity contribution in [1.29, 1.82) is 0 Å². The molecule has 1 atom stereocenters. The van der Waals surface area contributed by atoms with Gasteiger partial charge in [-0.05, 0) is 25.8 Å². The van der Waals surface area contributed by atoms with Crippen LogP contribution in [0.15, 0.2) is 16.9 Å². The van der Waals surface area contributed by atoms with Crippen LogP contribution in [0.2, 0.25) is 0 Å². The lowest BCUT2D eigenvalue weighted by Gasteiger charge is -2.21. The zero-order valence-corrected chi connectivity index (χ0v) is 11.6. The predicted octanol–water partition coefficient (Wildman–Crippen LogP) is 0.544. The van der Waals surface area contributed by atoms with Gasteiger partial charge in [-0.25, -0.2) is 4.68 Å². The van der Waals surface area contributed by atoms with Gasteiger partial charge in [0.25, 0.3) is 11.5 Å². The van der Waals surface area contributed by atoms with Crippen LogP contribution in [0.5, 0.6) is 0 Å². The van der Waals surface area contributed by atoms with Crippen molar-refractivity contribution in [3.63, 3.8) is 0 Å². The molecule has 0 saturated carbocycles. The zero-order valence-electron chi connectivity index (χ0n) is 11.6. The van der Waals surface area contributed by atoms with E-state index in [1.807, 2.05) is 13.8 Å². The Morgan fingerprint density at radius 3 is 2.74 bits per heavy atom. The fraction of sp³-hybridized carbons (Fsp3) is 0.615. The molecule has 0 bridgehead atoms. The van der Waals surface area contributed by atoms with Crippen molar-refractivity contribution in [2.75, 3.05) is 6.54 Å². The second-order valence-electron chi connectivity index (χ2n) is 4.81. The third-order valence-electron chi connectivity index (χ3n) is 2.93. The van der Waals surface area contributed by atoms with Crippen LogP contribution in [0.1, 0.15) is 44.1 Å². The molecule has 0 aliphatic rings. The molecule has 1 heterocycles. The fourth-order valence-electron chi connectivity index (χ4n) is 1.43. The summed E-state index contributed by atoms with van der Waals surface area (Å²) in [4.78, 5) is 23.4. The molecule has 0 spiro atoms. The maximum Gasteiger partial charge on any atom is 0.271 e. The van der Waals surface area contributed by atoms with Gasteiger partial charge >= 0.3 is 0 Å². The van der Waals surface area contributed by atoms with E-state index in [9.17, 15) is 14.7 Å². The summed E-state index contributed by atoms with van der Waals surface area (Å²) in [5, 5.41) is 16.4. The van der Waals surface area contributed by atoms with Crippen molar-refractivity contribution in [2.24, 2.45) is 0 Å². The third kappa shape index (κ3) is 4.48. The summed E-state index contributed by atoms with van der Waals surface area (Å²) in [7, 11) is 0. The topological polar surface area (TPSA) is 84.2 Å². The quantitative estimate of drug-likeness (QED) is 0.788. The summed E-state index contributed by atoms with van der Waals surface area (Å²) in [6.07, 6.45) is 1.30. The standard InChI is InChI=1S/C13H21N3O3/c1-4-8-16-11(17)7-6-10(15-16)12(18)14-9-13(3,19)5-2/h6-7,19H,4-5,8-9H2,1-3H3,(H,14,18). The number of aryl methyl sites for hydroxylation is 1. The second-order valence-corrected chi connectivity index (χ2v) is 4.81. The Balaban J connectivity index is 2.77. The molecule has 1 aromatic rings. The largest absolute Gasteiger partial charge is 0.388 e. The summed E-state index contributed by atoms with van der Waals surface area (Å²) in [5.74, 6) is -0.390. The molecule has 0 aliphatic heterocycles. The highest BCUT2D eigenvalue weighted by atomic mass is 16.3. The number of carbonyl (C=O) groups is 1. The van der Waals surface area contributed by atoms with E-state index in [0.29, 0.717) is 13.0 Å². The third-order valence-corrected chi connectivity index (χ3v) is 2.93. The summed E-state index contributed by atoms with van der Waals surface area (Å²) in [6.45, 7) is 6.05.